The van der Waals surface area contributed by atoms with E-state index in [9.17, 15) is 9.59 Å². The highest BCUT2D eigenvalue weighted by molar-refractivity contribution is 6.31. The minimum atomic E-state index is -0.271. The fourth-order valence-electron chi connectivity index (χ4n) is 3.71. The zero-order valence-electron chi connectivity index (χ0n) is 16.5. The minimum Gasteiger partial charge on any atom is -0.381 e. The molecule has 0 atom stereocenters. The maximum absolute atomic E-state index is 13.0. The topological polar surface area (TPSA) is 67.4 Å². The number of hydrogen-bond acceptors (Lipinski definition) is 3. The van der Waals surface area contributed by atoms with E-state index in [-0.39, 0.29) is 11.8 Å². The summed E-state index contributed by atoms with van der Waals surface area (Å²) in [7, 11) is 0. The highest BCUT2D eigenvalue weighted by Crippen LogP contribution is 2.24. The molecule has 2 amide bonds. The fraction of sp³-hybridized carbons (Fsp3) is 0.250. The molecule has 1 saturated heterocycles. The van der Waals surface area contributed by atoms with Gasteiger partial charge < -0.3 is 15.4 Å². The molecule has 0 spiro atoms. The van der Waals surface area contributed by atoms with Gasteiger partial charge in [0.05, 0.1) is 11.3 Å². The van der Waals surface area contributed by atoms with Gasteiger partial charge in [-0.25, -0.2) is 0 Å². The Bertz CT molecular complexity index is 1070. The highest BCUT2D eigenvalue weighted by atomic mass is 35.5. The van der Waals surface area contributed by atoms with Gasteiger partial charge in [0, 0.05) is 30.3 Å². The van der Waals surface area contributed by atoms with Crippen LogP contribution in [0.5, 0.6) is 0 Å². The van der Waals surface area contributed by atoms with Crippen molar-refractivity contribution in [2.45, 2.75) is 12.8 Å². The lowest BCUT2D eigenvalue weighted by Gasteiger charge is -2.22. The Kier molecular flexibility index (Phi) is 6.31. The molecule has 1 aliphatic rings. The molecule has 0 radical (unpaired) electrons. The summed E-state index contributed by atoms with van der Waals surface area (Å²) in [6.45, 7) is 2.03. The van der Waals surface area contributed by atoms with Gasteiger partial charge in [0.15, 0.2) is 0 Å². The number of nitrogens with one attached hydrogen (secondary N) is 2. The van der Waals surface area contributed by atoms with Crippen molar-refractivity contribution in [2.75, 3.05) is 25.1 Å². The molecule has 1 heterocycles. The van der Waals surface area contributed by atoms with E-state index in [4.69, 9.17) is 16.3 Å². The summed E-state index contributed by atoms with van der Waals surface area (Å²) < 4.78 is 5.36. The molecular weight excluding hydrogens is 400 g/mol. The SMILES string of the molecule is O=C(NCC1CCOCC1)c1cc(Cl)ccc1NC(=O)c1cccc2ccccc12. The number of rotatable bonds is 5. The molecule has 3 aromatic carbocycles. The Labute approximate surface area is 180 Å². The van der Waals surface area contributed by atoms with Crippen LogP contribution >= 0.6 is 11.6 Å². The van der Waals surface area contributed by atoms with Crippen molar-refractivity contribution < 1.29 is 14.3 Å². The average molecular weight is 423 g/mol. The van der Waals surface area contributed by atoms with Gasteiger partial charge in [0.2, 0.25) is 0 Å². The zero-order valence-corrected chi connectivity index (χ0v) is 17.2. The van der Waals surface area contributed by atoms with Crippen LogP contribution in [0, 0.1) is 5.92 Å². The normalized spacial score (nSPS) is 14.4. The second kappa shape index (κ2) is 9.28. The van der Waals surface area contributed by atoms with Crippen molar-refractivity contribution in [2.24, 2.45) is 5.92 Å². The highest BCUT2D eigenvalue weighted by Gasteiger charge is 2.19. The predicted octanol–water partition coefficient (Wildman–Crippen LogP) is 4.90. The summed E-state index contributed by atoms with van der Waals surface area (Å²) in [5, 5.41) is 8.14. The van der Waals surface area contributed by atoms with Crippen molar-refractivity contribution in [3.05, 3.63) is 76.8 Å². The maximum atomic E-state index is 13.0. The monoisotopic (exact) mass is 422 g/mol. The summed E-state index contributed by atoms with van der Waals surface area (Å²) >= 11 is 6.13. The van der Waals surface area contributed by atoms with Crippen LogP contribution in [0.4, 0.5) is 5.69 Å². The fourth-order valence-corrected chi connectivity index (χ4v) is 3.88. The van der Waals surface area contributed by atoms with Crippen LogP contribution in [-0.4, -0.2) is 31.6 Å². The van der Waals surface area contributed by atoms with Crippen LogP contribution < -0.4 is 10.6 Å². The Balaban J connectivity index is 1.54. The maximum Gasteiger partial charge on any atom is 0.256 e. The second-order valence-corrected chi connectivity index (χ2v) is 7.87. The molecule has 2 N–H and O–H groups in total. The smallest absolute Gasteiger partial charge is 0.256 e. The van der Waals surface area contributed by atoms with E-state index in [1.807, 2.05) is 36.4 Å². The molecule has 3 aromatic rings. The summed E-state index contributed by atoms with van der Waals surface area (Å²) in [5.74, 6) is -0.125. The quantitative estimate of drug-likeness (QED) is 0.614. The number of hydrogen-bond donors (Lipinski definition) is 2. The van der Waals surface area contributed by atoms with Gasteiger partial charge in [0.25, 0.3) is 11.8 Å². The lowest BCUT2D eigenvalue weighted by Crippen LogP contribution is -2.32. The first-order valence-electron chi connectivity index (χ1n) is 10.1. The zero-order chi connectivity index (χ0) is 20.9. The van der Waals surface area contributed by atoms with E-state index in [2.05, 4.69) is 10.6 Å². The lowest BCUT2D eigenvalue weighted by atomic mass is 10.0. The molecule has 0 aromatic heterocycles. The van der Waals surface area contributed by atoms with Gasteiger partial charge in [-0.15, -0.1) is 0 Å². The largest absolute Gasteiger partial charge is 0.381 e. The molecule has 0 bridgehead atoms. The molecule has 0 saturated carbocycles. The molecule has 1 fully saturated rings. The van der Waals surface area contributed by atoms with E-state index in [0.717, 1.165) is 36.8 Å². The molecule has 6 heteroatoms. The lowest BCUT2D eigenvalue weighted by molar-refractivity contribution is 0.0643. The number of halogens is 1. The number of ether oxygens (including phenoxy) is 1. The van der Waals surface area contributed by atoms with Crippen molar-refractivity contribution in [1.29, 1.82) is 0 Å². The summed E-state index contributed by atoms with van der Waals surface area (Å²) in [6.07, 6.45) is 1.86. The van der Waals surface area contributed by atoms with Crippen LogP contribution in [-0.2, 0) is 4.74 Å². The molecule has 5 nitrogen and oxygen atoms in total. The predicted molar refractivity (Wildman–Crippen MR) is 119 cm³/mol. The summed E-state index contributed by atoms with van der Waals surface area (Å²) in [4.78, 5) is 25.8. The first-order chi connectivity index (χ1) is 14.6. The third kappa shape index (κ3) is 4.64. The molecule has 1 aliphatic heterocycles. The van der Waals surface area contributed by atoms with Crippen LogP contribution in [0.25, 0.3) is 10.8 Å². The van der Waals surface area contributed by atoms with Crippen molar-refractivity contribution >= 4 is 39.9 Å². The Morgan fingerprint density at radius 3 is 2.53 bits per heavy atom. The van der Waals surface area contributed by atoms with E-state index in [1.165, 1.54) is 0 Å². The van der Waals surface area contributed by atoms with E-state index < -0.39 is 0 Å². The second-order valence-electron chi connectivity index (χ2n) is 7.44. The number of amides is 2. The first-order valence-corrected chi connectivity index (χ1v) is 10.4. The standard InChI is InChI=1S/C24H23ClN2O3/c25-18-8-9-22(21(14-18)23(28)26-15-16-10-12-30-13-11-16)27-24(29)20-7-3-5-17-4-1-2-6-19(17)20/h1-9,14,16H,10-13,15H2,(H,26,28)(H,27,29). The van der Waals surface area contributed by atoms with Crippen molar-refractivity contribution in [3.63, 3.8) is 0 Å². The molecule has 4 rings (SSSR count). The van der Waals surface area contributed by atoms with Gasteiger partial charge in [-0.1, -0.05) is 48.0 Å². The van der Waals surface area contributed by atoms with Gasteiger partial charge in [-0.2, -0.15) is 0 Å². The average Bonchev–Trinajstić information content (AvgIpc) is 2.79. The third-order valence-electron chi connectivity index (χ3n) is 5.40. The van der Waals surface area contributed by atoms with Gasteiger partial charge in [0.1, 0.15) is 0 Å². The molecule has 154 valence electrons. The van der Waals surface area contributed by atoms with E-state index in [1.54, 1.807) is 24.3 Å². The van der Waals surface area contributed by atoms with Gasteiger partial charge >= 0.3 is 0 Å². The van der Waals surface area contributed by atoms with Gasteiger partial charge in [-0.05, 0) is 53.8 Å². The van der Waals surface area contributed by atoms with E-state index in [0.29, 0.717) is 34.3 Å². The van der Waals surface area contributed by atoms with Crippen molar-refractivity contribution in [3.8, 4) is 0 Å². The molecule has 0 unspecified atom stereocenters. The summed E-state index contributed by atoms with van der Waals surface area (Å²) in [5.41, 5.74) is 1.33. The van der Waals surface area contributed by atoms with Crippen LogP contribution in [0.1, 0.15) is 33.6 Å². The van der Waals surface area contributed by atoms with Crippen LogP contribution in [0.15, 0.2) is 60.7 Å². The number of benzene rings is 3. The van der Waals surface area contributed by atoms with Crippen LogP contribution in [0.3, 0.4) is 0 Å². The minimum absolute atomic E-state index is 0.253. The number of fused-ring (bicyclic) bond motifs is 1. The summed E-state index contributed by atoms with van der Waals surface area (Å²) in [6, 6.07) is 18.2. The van der Waals surface area contributed by atoms with Gasteiger partial charge in [-0.3, -0.25) is 9.59 Å². The third-order valence-corrected chi connectivity index (χ3v) is 5.64. The number of carbonyl (C=O) groups excluding carboxylic acids is 2. The molecule has 0 aliphatic carbocycles. The Morgan fingerprint density at radius 2 is 1.70 bits per heavy atom. The Hall–Kier alpha value is -2.89. The number of anilines is 1. The van der Waals surface area contributed by atoms with E-state index >= 15 is 0 Å². The number of carbonyl (C=O) groups is 2. The van der Waals surface area contributed by atoms with Crippen LogP contribution in [0.2, 0.25) is 5.02 Å². The molecular formula is C24H23ClN2O3. The van der Waals surface area contributed by atoms with Crippen molar-refractivity contribution in [1.82, 2.24) is 5.32 Å². The Morgan fingerprint density at radius 1 is 0.933 bits per heavy atom. The molecule has 30 heavy (non-hydrogen) atoms. The first kappa shape index (κ1) is 20.4.